The molecule has 4 rings (SSSR count). The fourth-order valence-corrected chi connectivity index (χ4v) is 4.25. The number of rotatable bonds is 2. The molecular weight excluding hydrogens is 314 g/mol. The third-order valence-corrected chi connectivity index (χ3v) is 5.39. The first-order chi connectivity index (χ1) is 10.9. The van der Waals surface area contributed by atoms with Gasteiger partial charge in [0.1, 0.15) is 5.82 Å². The molecule has 0 saturated carbocycles. The van der Waals surface area contributed by atoms with E-state index in [0.717, 1.165) is 23.8 Å². The number of aromatic nitrogens is 3. The molecule has 2 aromatic carbocycles. The molecule has 0 saturated heterocycles. The first kappa shape index (κ1) is 13.9. The number of thioether (sulfide) groups is 1. The maximum absolute atomic E-state index is 6.05. The molecule has 0 aliphatic carbocycles. The Morgan fingerprint density at radius 1 is 1.05 bits per heavy atom. The monoisotopic (exact) mass is 327 g/mol. The molecule has 0 N–H and O–H groups in total. The summed E-state index contributed by atoms with van der Waals surface area (Å²) in [6.07, 6.45) is 0.841. The lowest BCUT2D eigenvalue weighted by Gasteiger charge is -2.13. The van der Waals surface area contributed by atoms with Gasteiger partial charge in [0.25, 0.3) is 0 Å². The van der Waals surface area contributed by atoms with Crippen LogP contribution in [-0.2, 0) is 12.3 Å². The van der Waals surface area contributed by atoms with Crippen molar-refractivity contribution in [1.82, 2.24) is 14.8 Å². The van der Waals surface area contributed by atoms with Gasteiger partial charge in [0.2, 0.25) is 0 Å². The van der Waals surface area contributed by atoms with Gasteiger partial charge in [0.15, 0.2) is 5.82 Å². The minimum Gasteiger partial charge on any atom is -0.281 e. The predicted octanol–water partition coefficient (Wildman–Crippen LogP) is 4.40. The molecule has 1 atom stereocenters. The van der Waals surface area contributed by atoms with Gasteiger partial charge >= 0.3 is 0 Å². The number of nitrogens with zero attached hydrogens (tertiary/aromatic N) is 3. The van der Waals surface area contributed by atoms with Crippen LogP contribution in [0.5, 0.6) is 0 Å². The van der Waals surface area contributed by atoms with E-state index in [4.69, 9.17) is 11.6 Å². The topological polar surface area (TPSA) is 30.7 Å². The Morgan fingerprint density at radius 3 is 2.64 bits per heavy atom. The maximum atomic E-state index is 6.05. The molecule has 1 aliphatic rings. The van der Waals surface area contributed by atoms with E-state index in [9.17, 15) is 0 Å². The van der Waals surface area contributed by atoms with Crippen molar-refractivity contribution in [2.75, 3.05) is 0 Å². The summed E-state index contributed by atoms with van der Waals surface area (Å²) in [7, 11) is 0. The Hall–Kier alpha value is -1.78. The van der Waals surface area contributed by atoms with Gasteiger partial charge in [-0.1, -0.05) is 42.5 Å². The largest absolute Gasteiger partial charge is 0.281 e. The summed E-state index contributed by atoms with van der Waals surface area (Å²) in [5, 5.41) is 8.96. The number of alkyl halides is 1. The summed E-state index contributed by atoms with van der Waals surface area (Å²) < 4.78 is 2.11. The van der Waals surface area contributed by atoms with Crippen molar-refractivity contribution in [3.05, 3.63) is 71.8 Å². The fraction of sp³-hybridized carbons (Fsp3) is 0.176. The van der Waals surface area contributed by atoms with Crippen LogP contribution in [0.2, 0.25) is 0 Å². The average Bonchev–Trinajstić information content (AvgIpc) is 2.90. The first-order valence-electron chi connectivity index (χ1n) is 7.17. The Labute approximate surface area is 138 Å². The fourth-order valence-electron chi connectivity index (χ4n) is 2.81. The van der Waals surface area contributed by atoms with E-state index in [1.54, 1.807) is 0 Å². The molecule has 0 bridgehead atoms. The number of hydrogen-bond donors (Lipinski definition) is 0. The number of benzene rings is 2. The van der Waals surface area contributed by atoms with E-state index in [1.807, 2.05) is 23.9 Å². The van der Waals surface area contributed by atoms with Crippen LogP contribution in [0.25, 0.3) is 5.69 Å². The van der Waals surface area contributed by atoms with Gasteiger partial charge in [-0.05, 0) is 17.7 Å². The third-order valence-electron chi connectivity index (χ3n) is 3.83. The zero-order valence-electron chi connectivity index (χ0n) is 11.8. The highest BCUT2D eigenvalue weighted by Crippen LogP contribution is 2.43. The van der Waals surface area contributed by atoms with Gasteiger partial charge in [0, 0.05) is 16.6 Å². The van der Waals surface area contributed by atoms with Crippen molar-refractivity contribution in [1.29, 1.82) is 0 Å². The molecule has 2 heterocycles. The predicted molar refractivity (Wildman–Crippen MR) is 89.7 cm³/mol. The van der Waals surface area contributed by atoms with Gasteiger partial charge in [-0.15, -0.1) is 33.6 Å². The van der Waals surface area contributed by atoms with Crippen LogP contribution in [-0.4, -0.2) is 14.8 Å². The standard InChI is InChI=1S/C17H14ClN3S/c18-11-17-20-19-16-10-15(12-6-2-1-3-7-12)22-14-9-5-4-8-13(14)21(16)17/h1-9,15H,10-11H2. The van der Waals surface area contributed by atoms with Crippen molar-refractivity contribution in [3.8, 4) is 5.69 Å². The average molecular weight is 328 g/mol. The Morgan fingerprint density at radius 2 is 1.82 bits per heavy atom. The second-order valence-corrected chi connectivity index (χ2v) is 6.70. The highest BCUT2D eigenvalue weighted by molar-refractivity contribution is 7.99. The van der Waals surface area contributed by atoms with Crippen LogP contribution in [0.15, 0.2) is 59.5 Å². The van der Waals surface area contributed by atoms with Crippen LogP contribution >= 0.6 is 23.4 Å². The molecule has 0 radical (unpaired) electrons. The number of fused-ring (bicyclic) bond motifs is 3. The molecule has 5 heteroatoms. The Kier molecular flexibility index (Phi) is 3.64. The van der Waals surface area contributed by atoms with Crippen molar-refractivity contribution in [3.63, 3.8) is 0 Å². The van der Waals surface area contributed by atoms with Crippen LogP contribution in [0.1, 0.15) is 22.5 Å². The van der Waals surface area contributed by atoms with E-state index in [0.29, 0.717) is 11.1 Å². The Bertz CT molecular complexity index is 801. The first-order valence-corrected chi connectivity index (χ1v) is 8.58. The van der Waals surface area contributed by atoms with Crippen LogP contribution in [0.3, 0.4) is 0 Å². The van der Waals surface area contributed by atoms with E-state index in [1.165, 1.54) is 10.5 Å². The van der Waals surface area contributed by atoms with E-state index < -0.39 is 0 Å². The van der Waals surface area contributed by atoms with Gasteiger partial charge in [-0.3, -0.25) is 4.57 Å². The molecule has 0 amide bonds. The Balaban J connectivity index is 1.88. The molecule has 1 unspecified atom stereocenters. The summed E-state index contributed by atoms with van der Waals surface area (Å²) >= 11 is 7.93. The maximum Gasteiger partial charge on any atom is 0.152 e. The quantitative estimate of drug-likeness (QED) is 0.654. The molecular formula is C17H14ClN3S. The summed E-state index contributed by atoms with van der Waals surface area (Å²) in [5.41, 5.74) is 2.44. The van der Waals surface area contributed by atoms with E-state index >= 15 is 0 Å². The van der Waals surface area contributed by atoms with E-state index in [-0.39, 0.29) is 0 Å². The van der Waals surface area contributed by atoms with Gasteiger partial charge in [-0.2, -0.15) is 0 Å². The van der Waals surface area contributed by atoms with Crippen LogP contribution in [0, 0.1) is 0 Å². The summed E-state index contributed by atoms with van der Waals surface area (Å²) in [6.45, 7) is 0. The molecule has 0 spiro atoms. The second-order valence-electron chi connectivity index (χ2n) is 5.19. The normalized spacial score (nSPS) is 16.7. The van der Waals surface area contributed by atoms with Crippen molar-refractivity contribution >= 4 is 23.4 Å². The number of hydrogen-bond acceptors (Lipinski definition) is 3. The highest BCUT2D eigenvalue weighted by Gasteiger charge is 2.26. The van der Waals surface area contributed by atoms with Gasteiger partial charge in [-0.25, -0.2) is 0 Å². The molecule has 22 heavy (non-hydrogen) atoms. The highest BCUT2D eigenvalue weighted by atomic mass is 35.5. The summed E-state index contributed by atoms with van der Waals surface area (Å²) in [6, 6.07) is 19.0. The van der Waals surface area contributed by atoms with Gasteiger partial charge < -0.3 is 0 Å². The smallest absolute Gasteiger partial charge is 0.152 e. The zero-order chi connectivity index (χ0) is 14.9. The lowest BCUT2D eigenvalue weighted by molar-refractivity contribution is 0.809. The summed E-state index contributed by atoms with van der Waals surface area (Å²) in [4.78, 5) is 1.24. The number of para-hydroxylation sites is 1. The second kappa shape index (κ2) is 5.78. The minimum absolute atomic E-state index is 0.330. The molecule has 1 aromatic heterocycles. The van der Waals surface area contributed by atoms with E-state index in [2.05, 4.69) is 57.2 Å². The van der Waals surface area contributed by atoms with Gasteiger partial charge in [0.05, 0.1) is 11.6 Å². The minimum atomic E-state index is 0.330. The van der Waals surface area contributed by atoms with Crippen molar-refractivity contribution in [2.45, 2.75) is 22.4 Å². The molecule has 110 valence electrons. The lowest BCUT2D eigenvalue weighted by atomic mass is 10.1. The third kappa shape index (κ3) is 2.32. The van der Waals surface area contributed by atoms with Crippen molar-refractivity contribution < 1.29 is 0 Å². The SMILES string of the molecule is ClCc1nnc2n1-c1ccccc1SC(c1ccccc1)C2. The summed E-state index contributed by atoms with van der Waals surface area (Å²) in [5.74, 6) is 2.14. The number of halogens is 1. The molecule has 0 fully saturated rings. The molecule has 3 nitrogen and oxygen atoms in total. The van der Waals surface area contributed by atoms with Crippen LogP contribution in [0.4, 0.5) is 0 Å². The zero-order valence-corrected chi connectivity index (χ0v) is 13.4. The molecule has 3 aromatic rings. The lowest BCUT2D eigenvalue weighted by Crippen LogP contribution is -2.05. The van der Waals surface area contributed by atoms with Crippen molar-refractivity contribution in [2.24, 2.45) is 0 Å². The molecule has 1 aliphatic heterocycles. The van der Waals surface area contributed by atoms with Crippen LogP contribution < -0.4 is 0 Å².